The standard InChI is InChI=1S/C66H99O11P/c1-4-7-10-13-16-19-22-25-27-29-31-33-35-38-40-43-46-49-52-55-64(68)73-59-63(77-66(70)57-54-51-48-45-42-39-36-34-32-30-28-26-23-20-17-14-11-8-5-2)61-75-78(71,72)74-60-62(58-67)76-65(69)56-53-50-47-44-41-37-24-21-18-15-12-9-6-3/h7-12,16-21,25-28,31-34,37-42,46,48-49,51,62-63,67H,4-6,13-15,22-24,29-30,35-36,43-45,47,50,52-61H2,1-3H3,(H,71,72)/b10-7-,11-8-,12-9-,19-16-,20-17-,21-18-,27-25-,28-26-,33-31-,34-32-,40-38-,41-37-,42-39-,49-46-,51-48-. The monoisotopic (exact) mass is 1100 g/mol. The summed E-state index contributed by atoms with van der Waals surface area (Å²) in [6, 6.07) is 0. The molecule has 3 atom stereocenters. The summed E-state index contributed by atoms with van der Waals surface area (Å²) in [6.07, 6.45) is 78.9. The third kappa shape index (κ3) is 55.3. The maximum Gasteiger partial charge on any atom is 0.472 e. The molecule has 3 unspecified atom stereocenters. The van der Waals surface area contributed by atoms with Crippen LogP contribution in [0.15, 0.2) is 182 Å². The number of phosphoric acid groups is 1. The molecule has 0 aromatic heterocycles. The molecule has 2 N–H and O–H groups in total. The van der Waals surface area contributed by atoms with E-state index in [9.17, 15) is 28.9 Å². The summed E-state index contributed by atoms with van der Waals surface area (Å²) in [5, 5.41) is 9.80. The van der Waals surface area contributed by atoms with Gasteiger partial charge in [-0.25, -0.2) is 4.57 Å². The molecular formula is C66H99O11P. The first-order valence-electron chi connectivity index (χ1n) is 28.7. The molecule has 0 aromatic rings. The molecule has 0 bridgehead atoms. The average molecular weight is 1100 g/mol. The zero-order valence-corrected chi connectivity index (χ0v) is 48.7. The highest BCUT2D eigenvalue weighted by Crippen LogP contribution is 2.43. The number of hydrogen-bond acceptors (Lipinski definition) is 10. The van der Waals surface area contributed by atoms with Crippen LogP contribution in [0.2, 0.25) is 0 Å². The summed E-state index contributed by atoms with van der Waals surface area (Å²) in [6.45, 7) is 4.05. The van der Waals surface area contributed by atoms with Crippen LogP contribution >= 0.6 is 7.82 Å². The lowest BCUT2D eigenvalue weighted by atomic mass is 10.1. The van der Waals surface area contributed by atoms with Crippen LogP contribution in [0.25, 0.3) is 0 Å². The molecular weight excluding hydrogens is 1000 g/mol. The van der Waals surface area contributed by atoms with Gasteiger partial charge in [0.05, 0.1) is 19.8 Å². The molecule has 0 aliphatic heterocycles. The lowest BCUT2D eigenvalue weighted by molar-refractivity contribution is -0.161. The average Bonchev–Trinajstić information content (AvgIpc) is 3.43. The maximum atomic E-state index is 12.9. The van der Waals surface area contributed by atoms with Crippen molar-refractivity contribution in [2.75, 3.05) is 26.4 Å². The molecule has 78 heavy (non-hydrogen) atoms. The molecule has 0 fully saturated rings. The van der Waals surface area contributed by atoms with Crippen molar-refractivity contribution in [3.05, 3.63) is 182 Å². The van der Waals surface area contributed by atoms with E-state index in [0.29, 0.717) is 25.7 Å². The van der Waals surface area contributed by atoms with Gasteiger partial charge in [0.25, 0.3) is 0 Å². The Hall–Kier alpha value is -5.42. The molecule has 0 radical (unpaired) electrons. The molecule has 434 valence electrons. The third-order valence-corrected chi connectivity index (χ3v) is 11.8. The Morgan fingerprint density at radius 1 is 0.359 bits per heavy atom. The van der Waals surface area contributed by atoms with E-state index >= 15 is 0 Å². The van der Waals surface area contributed by atoms with Crippen molar-refractivity contribution in [2.24, 2.45) is 0 Å². The van der Waals surface area contributed by atoms with E-state index in [1.54, 1.807) is 0 Å². The number of carbonyl (C=O) groups excluding carboxylic acids is 3. The van der Waals surface area contributed by atoms with Crippen LogP contribution < -0.4 is 0 Å². The topological polar surface area (TPSA) is 155 Å². The largest absolute Gasteiger partial charge is 0.472 e. The minimum Gasteiger partial charge on any atom is -0.462 e. The van der Waals surface area contributed by atoms with Crippen LogP contribution in [0.4, 0.5) is 0 Å². The second kappa shape index (κ2) is 57.7. The Kier molecular flexibility index (Phi) is 53.7. The number of rotatable bonds is 50. The Labute approximate surface area is 471 Å². The van der Waals surface area contributed by atoms with Crippen LogP contribution in [0.5, 0.6) is 0 Å². The van der Waals surface area contributed by atoms with Crippen molar-refractivity contribution in [3.63, 3.8) is 0 Å². The summed E-state index contributed by atoms with van der Waals surface area (Å²) in [5.41, 5.74) is 0. The Balaban J connectivity index is 5.02. The summed E-state index contributed by atoms with van der Waals surface area (Å²) in [5.74, 6) is -1.73. The first kappa shape index (κ1) is 72.6. The smallest absolute Gasteiger partial charge is 0.462 e. The lowest BCUT2D eigenvalue weighted by Gasteiger charge is -2.21. The van der Waals surface area contributed by atoms with Gasteiger partial charge in [-0.15, -0.1) is 0 Å². The van der Waals surface area contributed by atoms with E-state index in [2.05, 4.69) is 179 Å². The van der Waals surface area contributed by atoms with Crippen LogP contribution in [0.1, 0.15) is 175 Å². The van der Waals surface area contributed by atoms with Crippen LogP contribution in [0.3, 0.4) is 0 Å². The van der Waals surface area contributed by atoms with Gasteiger partial charge in [0.1, 0.15) is 12.7 Å². The number of allylic oxidation sites excluding steroid dienone is 30. The maximum absolute atomic E-state index is 12.9. The molecule has 11 nitrogen and oxygen atoms in total. The minimum absolute atomic E-state index is 0.0125. The summed E-state index contributed by atoms with van der Waals surface area (Å²) >= 11 is 0. The van der Waals surface area contributed by atoms with Crippen LogP contribution in [-0.4, -0.2) is 66.5 Å². The van der Waals surface area contributed by atoms with E-state index in [4.69, 9.17) is 23.3 Å². The molecule has 0 saturated carbocycles. The first-order valence-corrected chi connectivity index (χ1v) is 30.2. The number of esters is 3. The third-order valence-electron chi connectivity index (χ3n) is 10.8. The normalized spacial score (nSPS) is 14.7. The number of ether oxygens (including phenoxy) is 3. The Morgan fingerprint density at radius 2 is 0.654 bits per heavy atom. The highest BCUT2D eigenvalue weighted by molar-refractivity contribution is 7.47. The van der Waals surface area contributed by atoms with Crippen molar-refractivity contribution in [1.29, 1.82) is 0 Å². The molecule has 12 heteroatoms. The van der Waals surface area contributed by atoms with Gasteiger partial charge in [-0.2, -0.15) is 0 Å². The molecule has 0 heterocycles. The van der Waals surface area contributed by atoms with Crippen molar-refractivity contribution in [1.82, 2.24) is 0 Å². The van der Waals surface area contributed by atoms with Crippen LogP contribution in [-0.2, 0) is 42.2 Å². The highest BCUT2D eigenvalue weighted by Gasteiger charge is 2.28. The predicted molar refractivity (Wildman–Crippen MR) is 324 cm³/mol. The predicted octanol–water partition coefficient (Wildman–Crippen LogP) is 17.2. The van der Waals surface area contributed by atoms with E-state index < -0.39 is 64.4 Å². The molecule has 0 rings (SSSR count). The number of aliphatic hydroxyl groups is 1. The fourth-order valence-corrected chi connectivity index (χ4v) is 7.38. The van der Waals surface area contributed by atoms with Gasteiger partial charge in [0, 0.05) is 19.3 Å². The first-order chi connectivity index (χ1) is 38.2. The zero-order valence-electron chi connectivity index (χ0n) is 47.8. The SMILES string of the molecule is CC/C=C\C/C=C\C/C=C\C/C=C\C/C=C\C/C=C\CCC(=O)OCC(COP(=O)(O)OCC(CO)OC(=O)CCCCC/C=C\C/C=C\C/C=C\CC)OC(=O)CC/C=C\C/C=C\C/C=C\C/C=C\C/C=C\C/C=C\CC. The van der Waals surface area contributed by atoms with Gasteiger partial charge >= 0.3 is 25.7 Å². The molecule has 0 aromatic carbocycles. The van der Waals surface area contributed by atoms with Crippen molar-refractivity contribution in [3.8, 4) is 0 Å². The summed E-state index contributed by atoms with van der Waals surface area (Å²) < 4.78 is 39.3. The van der Waals surface area contributed by atoms with Gasteiger partial charge in [0.2, 0.25) is 0 Å². The molecule has 0 aliphatic carbocycles. The lowest BCUT2D eigenvalue weighted by Crippen LogP contribution is -2.30. The Morgan fingerprint density at radius 3 is 1.01 bits per heavy atom. The van der Waals surface area contributed by atoms with E-state index in [1.165, 1.54) is 0 Å². The molecule has 0 saturated heterocycles. The number of hydrogen-bond donors (Lipinski definition) is 2. The van der Waals surface area contributed by atoms with Gasteiger partial charge in [-0.05, 0) is 128 Å². The molecule has 0 aliphatic rings. The second-order valence-electron chi connectivity index (χ2n) is 18.0. The number of aliphatic hydroxyl groups excluding tert-OH is 1. The molecule has 0 amide bonds. The fraction of sp³-hybridized carbons (Fsp3) is 0.500. The number of carbonyl (C=O) groups is 3. The van der Waals surface area contributed by atoms with E-state index in [-0.39, 0.29) is 19.3 Å². The van der Waals surface area contributed by atoms with E-state index in [1.807, 2.05) is 24.3 Å². The van der Waals surface area contributed by atoms with E-state index in [0.717, 1.165) is 109 Å². The van der Waals surface area contributed by atoms with Crippen molar-refractivity contribution < 1.29 is 52.2 Å². The van der Waals surface area contributed by atoms with Gasteiger partial charge in [0.15, 0.2) is 6.10 Å². The fourth-order valence-electron chi connectivity index (χ4n) is 6.60. The minimum atomic E-state index is -4.81. The highest BCUT2D eigenvalue weighted by atomic mass is 31.2. The number of unbranched alkanes of at least 4 members (excludes halogenated alkanes) is 3. The van der Waals surface area contributed by atoms with Gasteiger partial charge in [-0.3, -0.25) is 23.4 Å². The quantitative estimate of drug-likeness (QED) is 0.0197. The number of phosphoric ester groups is 1. The van der Waals surface area contributed by atoms with Gasteiger partial charge < -0.3 is 24.2 Å². The zero-order chi connectivity index (χ0) is 56.9. The molecule has 0 spiro atoms. The van der Waals surface area contributed by atoms with Crippen molar-refractivity contribution in [2.45, 2.75) is 187 Å². The summed E-state index contributed by atoms with van der Waals surface area (Å²) in [4.78, 5) is 48.5. The van der Waals surface area contributed by atoms with Crippen LogP contribution in [0, 0.1) is 0 Å². The van der Waals surface area contributed by atoms with Gasteiger partial charge in [-0.1, -0.05) is 209 Å². The summed E-state index contributed by atoms with van der Waals surface area (Å²) in [7, 11) is -4.81. The van der Waals surface area contributed by atoms with Crippen molar-refractivity contribution >= 4 is 25.7 Å². The second-order valence-corrected chi connectivity index (χ2v) is 19.4. The Bertz CT molecular complexity index is 2010.